The van der Waals surface area contributed by atoms with Crippen molar-refractivity contribution < 1.29 is 17.9 Å². The van der Waals surface area contributed by atoms with E-state index in [1.807, 2.05) is 18.2 Å². The fourth-order valence-electron chi connectivity index (χ4n) is 1.97. The average Bonchev–Trinajstić information content (AvgIpc) is 2.85. The highest BCUT2D eigenvalue weighted by atomic mass is 19.4. The number of H-pyrrole nitrogens is 1. The van der Waals surface area contributed by atoms with Gasteiger partial charge < -0.3 is 4.74 Å². The first kappa shape index (κ1) is 12.5. The van der Waals surface area contributed by atoms with E-state index in [1.54, 1.807) is 18.3 Å². The number of halogens is 3. The third-order valence-corrected chi connectivity index (χ3v) is 2.86. The van der Waals surface area contributed by atoms with E-state index in [0.29, 0.717) is 0 Å². The molecule has 0 bridgehead atoms. The highest BCUT2D eigenvalue weighted by molar-refractivity contribution is 5.83. The summed E-state index contributed by atoms with van der Waals surface area (Å²) in [5, 5.41) is 7.75. The maximum atomic E-state index is 12.1. The minimum absolute atomic E-state index is 0.233. The molecule has 102 valence electrons. The number of nitrogens with zero attached hydrogens (tertiary/aromatic N) is 1. The number of alkyl halides is 3. The Kier molecular flexibility index (Phi) is 2.85. The molecule has 3 nitrogen and oxygen atoms in total. The van der Waals surface area contributed by atoms with Gasteiger partial charge in [0.1, 0.15) is 5.75 Å². The number of rotatable bonds is 2. The highest BCUT2D eigenvalue weighted by Gasteiger charge is 2.30. The fraction of sp³-hybridized carbons (Fsp3) is 0.0714. The van der Waals surface area contributed by atoms with E-state index in [9.17, 15) is 13.2 Å². The van der Waals surface area contributed by atoms with Crippen molar-refractivity contribution in [2.24, 2.45) is 0 Å². The number of aromatic nitrogens is 2. The fourth-order valence-corrected chi connectivity index (χ4v) is 1.97. The summed E-state index contributed by atoms with van der Waals surface area (Å²) in [6, 6.07) is 11.4. The summed E-state index contributed by atoms with van der Waals surface area (Å²) in [6.07, 6.45) is -2.96. The maximum absolute atomic E-state index is 12.1. The normalized spacial score (nSPS) is 11.8. The lowest BCUT2D eigenvalue weighted by atomic mass is 10.0. The standard InChI is InChI=1S/C14H9F3N2O/c15-14(16,17)20-12-5-3-9(4-6-12)10-1-2-11-8-18-19-13(11)7-10/h1-8H,(H,18,19). The molecule has 0 unspecified atom stereocenters. The lowest BCUT2D eigenvalue weighted by Crippen LogP contribution is -2.16. The van der Waals surface area contributed by atoms with Crippen molar-refractivity contribution in [3.05, 3.63) is 48.7 Å². The van der Waals surface area contributed by atoms with Crippen molar-refractivity contribution >= 4 is 10.9 Å². The zero-order chi connectivity index (χ0) is 14.2. The van der Waals surface area contributed by atoms with E-state index in [4.69, 9.17) is 0 Å². The molecule has 0 spiro atoms. The maximum Gasteiger partial charge on any atom is 0.573 e. The Morgan fingerprint density at radius 3 is 2.35 bits per heavy atom. The monoisotopic (exact) mass is 278 g/mol. The molecule has 0 aliphatic heterocycles. The summed E-state index contributed by atoms with van der Waals surface area (Å²) in [6.45, 7) is 0. The van der Waals surface area contributed by atoms with Crippen LogP contribution in [0.3, 0.4) is 0 Å². The number of nitrogens with one attached hydrogen (secondary N) is 1. The van der Waals surface area contributed by atoms with Crippen molar-refractivity contribution in [3.8, 4) is 16.9 Å². The molecule has 0 atom stereocenters. The van der Waals surface area contributed by atoms with Crippen LogP contribution in [0.25, 0.3) is 22.0 Å². The van der Waals surface area contributed by atoms with Crippen LogP contribution in [0.2, 0.25) is 0 Å². The van der Waals surface area contributed by atoms with Gasteiger partial charge in [0.15, 0.2) is 0 Å². The molecule has 0 saturated carbocycles. The second-order valence-electron chi connectivity index (χ2n) is 4.24. The van der Waals surface area contributed by atoms with Crippen molar-refractivity contribution in [2.75, 3.05) is 0 Å². The molecular weight excluding hydrogens is 269 g/mol. The minimum atomic E-state index is -4.67. The van der Waals surface area contributed by atoms with Gasteiger partial charge in [-0.1, -0.05) is 24.3 Å². The van der Waals surface area contributed by atoms with Crippen LogP contribution in [-0.2, 0) is 0 Å². The molecule has 1 aromatic heterocycles. The molecule has 0 aliphatic carbocycles. The summed E-state index contributed by atoms with van der Waals surface area (Å²) in [5.41, 5.74) is 2.56. The van der Waals surface area contributed by atoms with E-state index in [0.717, 1.165) is 22.0 Å². The smallest absolute Gasteiger partial charge is 0.406 e. The molecule has 0 amide bonds. The number of benzene rings is 2. The molecule has 2 aromatic carbocycles. The number of ether oxygens (including phenoxy) is 1. The molecular formula is C14H9F3N2O. The molecule has 0 radical (unpaired) electrons. The Morgan fingerprint density at radius 2 is 1.65 bits per heavy atom. The van der Waals surface area contributed by atoms with Crippen LogP contribution in [0, 0.1) is 0 Å². The molecule has 0 aliphatic rings. The predicted octanol–water partition coefficient (Wildman–Crippen LogP) is 4.13. The molecule has 1 N–H and O–H groups in total. The molecule has 1 heterocycles. The van der Waals surface area contributed by atoms with Crippen LogP contribution in [0.4, 0.5) is 13.2 Å². The third kappa shape index (κ3) is 2.59. The van der Waals surface area contributed by atoms with E-state index >= 15 is 0 Å². The topological polar surface area (TPSA) is 37.9 Å². The van der Waals surface area contributed by atoms with Gasteiger partial charge in [-0.2, -0.15) is 5.10 Å². The number of fused-ring (bicyclic) bond motifs is 1. The van der Waals surface area contributed by atoms with Crippen LogP contribution in [-0.4, -0.2) is 16.6 Å². The molecule has 0 saturated heterocycles. The van der Waals surface area contributed by atoms with E-state index in [1.165, 1.54) is 12.1 Å². The first-order valence-electron chi connectivity index (χ1n) is 5.81. The van der Waals surface area contributed by atoms with Gasteiger partial charge in [-0.3, -0.25) is 5.10 Å². The Balaban J connectivity index is 1.90. The average molecular weight is 278 g/mol. The zero-order valence-electron chi connectivity index (χ0n) is 10.1. The SMILES string of the molecule is FC(F)(F)Oc1ccc(-c2ccc3cn[nH]c3c2)cc1. The van der Waals surface area contributed by atoms with Crippen LogP contribution in [0.5, 0.6) is 5.75 Å². The largest absolute Gasteiger partial charge is 0.573 e. The van der Waals surface area contributed by atoms with Gasteiger partial charge in [0.25, 0.3) is 0 Å². The van der Waals surface area contributed by atoms with Crippen LogP contribution in [0.1, 0.15) is 0 Å². The zero-order valence-corrected chi connectivity index (χ0v) is 10.1. The molecule has 0 fully saturated rings. The lowest BCUT2D eigenvalue weighted by Gasteiger charge is -2.09. The quantitative estimate of drug-likeness (QED) is 0.765. The Labute approximate surface area is 112 Å². The van der Waals surface area contributed by atoms with E-state index < -0.39 is 6.36 Å². The second-order valence-corrected chi connectivity index (χ2v) is 4.24. The summed E-state index contributed by atoms with van der Waals surface area (Å²) < 4.78 is 40.0. The van der Waals surface area contributed by atoms with Gasteiger partial charge in [0.2, 0.25) is 0 Å². The van der Waals surface area contributed by atoms with Crippen LogP contribution < -0.4 is 4.74 Å². The minimum Gasteiger partial charge on any atom is -0.406 e. The Hall–Kier alpha value is -2.50. The third-order valence-electron chi connectivity index (χ3n) is 2.86. The Morgan fingerprint density at radius 1 is 0.950 bits per heavy atom. The lowest BCUT2D eigenvalue weighted by molar-refractivity contribution is -0.274. The number of hydrogen-bond acceptors (Lipinski definition) is 2. The number of aromatic amines is 1. The van der Waals surface area contributed by atoms with Crippen molar-refractivity contribution in [1.29, 1.82) is 0 Å². The Bertz CT molecular complexity index is 732. The van der Waals surface area contributed by atoms with Gasteiger partial charge in [0, 0.05) is 5.39 Å². The van der Waals surface area contributed by atoms with Crippen molar-refractivity contribution in [3.63, 3.8) is 0 Å². The summed E-state index contributed by atoms with van der Waals surface area (Å²) in [5.74, 6) is -0.233. The van der Waals surface area contributed by atoms with Gasteiger partial charge >= 0.3 is 6.36 Å². The molecule has 3 aromatic rings. The summed E-state index contributed by atoms with van der Waals surface area (Å²) in [7, 11) is 0. The van der Waals surface area contributed by atoms with Gasteiger partial charge in [-0.05, 0) is 29.3 Å². The molecule has 20 heavy (non-hydrogen) atoms. The first-order valence-corrected chi connectivity index (χ1v) is 5.81. The van der Waals surface area contributed by atoms with Crippen LogP contribution in [0.15, 0.2) is 48.7 Å². The molecule has 6 heteroatoms. The van der Waals surface area contributed by atoms with Gasteiger partial charge in [-0.15, -0.1) is 13.2 Å². The highest BCUT2D eigenvalue weighted by Crippen LogP contribution is 2.27. The van der Waals surface area contributed by atoms with E-state index in [2.05, 4.69) is 14.9 Å². The van der Waals surface area contributed by atoms with Gasteiger partial charge in [0.05, 0.1) is 11.7 Å². The van der Waals surface area contributed by atoms with E-state index in [-0.39, 0.29) is 5.75 Å². The van der Waals surface area contributed by atoms with Crippen molar-refractivity contribution in [1.82, 2.24) is 10.2 Å². The summed E-state index contributed by atoms with van der Waals surface area (Å²) >= 11 is 0. The summed E-state index contributed by atoms with van der Waals surface area (Å²) in [4.78, 5) is 0. The first-order chi connectivity index (χ1) is 9.51. The number of hydrogen-bond donors (Lipinski definition) is 1. The van der Waals surface area contributed by atoms with Crippen LogP contribution >= 0.6 is 0 Å². The van der Waals surface area contributed by atoms with Gasteiger partial charge in [-0.25, -0.2) is 0 Å². The second kappa shape index (κ2) is 4.56. The van der Waals surface area contributed by atoms with Crippen molar-refractivity contribution in [2.45, 2.75) is 6.36 Å². The molecule has 3 rings (SSSR count). The predicted molar refractivity (Wildman–Crippen MR) is 68.2 cm³/mol.